The molecule has 2 N–H and O–H groups in total. The number of H-pyrrole nitrogens is 1. The summed E-state index contributed by atoms with van der Waals surface area (Å²) in [6.45, 7) is 0. The van der Waals surface area contributed by atoms with E-state index in [0.29, 0.717) is 0 Å². The van der Waals surface area contributed by atoms with E-state index in [4.69, 9.17) is 9.94 Å². The van der Waals surface area contributed by atoms with Gasteiger partial charge in [0, 0.05) is 23.1 Å². The van der Waals surface area contributed by atoms with Gasteiger partial charge in [-0.3, -0.25) is 15.4 Å². The van der Waals surface area contributed by atoms with E-state index in [0.717, 1.165) is 41.9 Å². The molecule has 1 heterocycles. The maximum Gasteiger partial charge on any atom is 0.118 e. The summed E-state index contributed by atoms with van der Waals surface area (Å²) in [7, 11) is 1.66. The zero-order valence-corrected chi connectivity index (χ0v) is 16.6. The van der Waals surface area contributed by atoms with Gasteiger partial charge in [0.15, 0.2) is 0 Å². The minimum Gasteiger partial charge on any atom is -0.281 e. The fraction of sp³-hybridized carbons (Fsp3) is 0.240. The lowest BCUT2D eigenvalue weighted by molar-refractivity contribution is 0.135. The summed E-state index contributed by atoms with van der Waals surface area (Å²) in [6, 6.07) is 21.5. The van der Waals surface area contributed by atoms with Crippen LogP contribution in [0, 0.1) is 0 Å². The Morgan fingerprint density at radius 2 is 1.66 bits per heavy atom. The molecule has 1 aromatic heterocycles. The number of aromatic amines is 1. The topological polar surface area (TPSA) is 49.9 Å². The summed E-state index contributed by atoms with van der Waals surface area (Å²) >= 11 is 0. The lowest BCUT2D eigenvalue weighted by atomic mass is 9.68. The molecule has 2 aromatic carbocycles. The lowest BCUT2D eigenvalue weighted by Gasteiger charge is -2.34. The Hall–Kier alpha value is -3.11. The van der Waals surface area contributed by atoms with Crippen LogP contribution in [0.15, 0.2) is 72.3 Å². The van der Waals surface area contributed by atoms with E-state index in [2.05, 4.69) is 83.4 Å². The molecule has 1 fully saturated rings. The van der Waals surface area contributed by atoms with Gasteiger partial charge in [-0.1, -0.05) is 72.8 Å². The molecule has 0 amide bonds. The van der Waals surface area contributed by atoms with Gasteiger partial charge in [0.25, 0.3) is 0 Å². The van der Waals surface area contributed by atoms with Crippen LogP contribution < -0.4 is 5.48 Å². The van der Waals surface area contributed by atoms with Crippen LogP contribution in [-0.4, -0.2) is 17.3 Å². The fourth-order valence-corrected chi connectivity index (χ4v) is 4.48. The predicted molar refractivity (Wildman–Crippen MR) is 116 cm³/mol. The van der Waals surface area contributed by atoms with Gasteiger partial charge in [0.1, 0.15) is 5.69 Å². The third-order valence-corrected chi connectivity index (χ3v) is 6.20. The van der Waals surface area contributed by atoms with Crippen molar-refractivity contribution in [3.63, 3.8) is 0 Å². The molecule has 4 heteroatoms. The van der Waals surface area contributed by atoms with Crippen LogP contribution in [0.3, 0.4) is 0 Å². The van der Waals surface area contributed by atoms with Gasteiger partial charge in [-0.2, -0.15) is 5.10 Å². The van der Waals surface area contributed by atoms with Crippen LogP contribution in [0.2, 0.25) is 0 Å². The second-order valence-electron chi connectivity index (χ2n) is 7.82. The van der Waals surface area contributed by atoms with E-state index in [1.165, 1.54) is 23.1 Å². The molecule has 4 nitrogen and oxygen atoms in total. The first-order valence-electron chi connectivity index (χ1n) is 10.2. The van der Waals surface area contributed by atoms with Crippen LogP contribution in [0.25, 0.3) is 11.8 Å². The Bertz CT molecular complexity index is 1020. The average Bonchev–Trinajstić information content (AvgIpc) is 3.16. The Labute approximate surface area is 171 Å². The molecule has 2 aliphatic carbocycles. The summed E-state index contributed by atoms with van der Waals surface area (Å²) in [5, 5.41) is 8.03. The molecule has 0 atom stereocenters. The third-order valence-electron chi connectivity index (χ3n) is 6.20. The zero-order valence-electron chi connectivity index (χ0n) is 16.6. The Morgan fingerprint density at radius 3 is 2.21 bits per heavy atom. The van der Waals surface area contributed by atoms with Gasteiger partial charge in [0.05, 0.1) is 12.8 Å². The van der Waals surface area contributed by atoms with E-state index in [9.17, 15) is 0 Å². The minimum atomic E-state index is -0.211. The van der Waals surface area contributed by atoms with E-state index in [-0.39, 0.29) is 5.41 Å². The van der Waals surface area contributed by atoms with Crippen LogP contribution in [0.5, 0.6) is 0 Å². The largest absolute Gasteiger partial charge is 0.281 e. The number of rotatable bonds is 5. The molecule has 146 valence electrons. The number of nitrogens with one attached hydrogen (secondary N) is 2. The smallest absolute Gasteiger partial charge is 0.118 e. The number of fused-ring (bicyclic) bond motifs is 1. The summed E-state index contributed by atoms with van der Waals surface area (Å²) in [4.78, 5) is 5.27. The highest BCUT2D eigenvalue weighted by atomic mass is 16.6. The number of nitrogens with zero attached hydrogens (tertiary/aromatic N) is 1. The zero-order chi connectivity index (χ0) is 19.7. The van der Waals surface area contributed by atoms with E-state index < -0.39 is 0 Å². The minimum absolute atomic E-state index is 0.211. The van der Waals surface area contributed by atoms with E-state index >= 15 is 0 Å². The van der Waals surface area contributed by atoms with Gasteiger partial charge in [-0.15, -0.1) is 0 Å². The number of hydrogen-bond donors (Lipinski definition) is 2. The summed E-state index contributed by atoms with van der Waals surface area (Å²) in [6.07, 6.45) is 8.86. The summed E-state index contributed by atoms with van der Waals surface area (Å²) in [5.74, 6) is 0. The second kappa shape index (κ2) is 7.37. The van der Waals surface area contributed by atoms with Gasteiger partial charge in [-0.25, -0.2) is 0 Å². The Kier molecular flexibility index (Phi) is 4.57. The van der Waals surface area contributed by atoms with Gasteiger partial charge in [-0.05, 0) is 36.0 Å². The van der Waals surface area contributed by atoms with Crippen LogP contribution in [0.4, 0.5) is 0 Å². The molecule has 29 heavy (non-hydrogen) atoms. The van der Waals surface area contributed by atoms with Crippen molar-refractivity contribution in [1.29, 1.82) is 0 Å². The number of hydrogen-bond acceptors (Lipinski definition) is 3. The normalized spacial score (nSPS) is 16.8. The van der Waals surface area contributed by atoms with Gasteiger partial charge < -0.3 is 0 Å². The second-order valence-corrected chi connectivity index (χ2v) is 7.82. The SMILES string of the molecule is CONC(=C1CCC1)c1n[nH]c2c1C=CC(c1ccccc1)(c1ccccc1)C2. The molecule has 5 rings (SSSR count). The first-order chi connectivity index (χ1) is 14.3. The van der Waals surface area contributed by atoms with Crippen LogP contribution in [0.1, 0.15) is 47.3 Å². The monoisotopic (exact) mass is 383 g/mol. The number of aromatic nitrogens is 2. The molecular formula is C25H25N3O. The van der Waals surface area contributed by atoms with Crippen molar-refractivity contribution < 1.29 is 4.84 Å². The van der Waals surface area contributed by atoms with Crippen molar-refractivity contribution in [3.8, 4) is 0 Å². The molecule has 0 saturated heterocycles. The van der Waals surface area contributed by atoms with Crippen molar-refractivity contribution in [1.82, 2.24) is 15.7 Å². The molecule has 3 aromatic rings. The third kappa shape index (κ3) is 3.00. The van der Waals surface area contributed by atoms with Crippen LogP contribution >= 0.6 is 0 Å². The molecule has 0 unspecified atom stereocenters. The molecule has 0 radical (unpaired) electrons. The number of allylic oxidation sites excluding steroid dienone is 2. The highest BCUT2D eigenvalue weighted by Crippen LogP contribution is 2.43. The van der Waals surface area contributed by atoms with Crippen molar-refractivity contribution in [2.45, 2.75) is 31.1 Å². The predicted octanol–water partition coefficient (Wildman–Crippen LogP) is 5.01. The highest BCUT2D eigenvalue weighted by Gasteiger charge is 2.37. The maximum absolute atomic E-state index is 5.27. The van der Waals surface area contributed by atoms with E-state index in [1.807, 2.05) is 0 Å². The van der Waals surface area contributed by atoms with Gasteiger partial charge >= 0.3 is 0 Å². The first kappa shape index (κ1) is 18.0. The summed E-state index contributed by atoms with van der Waals surface area (Å²) in [5.41, 5.74) is 11.1. The highest BCUT2D eigenvalue weighted by molar-refractivity contribution is 5.76. The molecule has 0 bridgehead atoms. The first-order valence-corrected chi connectivity index (χ1v) is 10.2. The van der Waals surface area contributed by atoms with Crippen molar-refractivity contribution in [2.24, 2.45) is 0 Å². The molecule has 0 spiro atoms. The number of benzene rings is 2. The average molecular weight is 383 g/mol. The van der Waals surface area contributed by atoms with Crippen molar-refractivity contribution in [2.75, 3.05) is 7.11 Å². The molecule has 0 aliphatic heterocycles. The maximum atomic E-state index is 5.27. The number of hydroxylamine groups is 1. The fourth-order valence-electron chi connectivity index (χ4n) is 4.48. The van der Waals surface area contributed by atoms with Gasteiger partial charge in [0.2, 0.25) is 0 Å². The standard InChI is InChI=1S/C25H25N3O/c1-29-28-23(18-9-8-10-18)24-21-15-16-25(17-22(21)26-27-24,19-11-4-2-5-12-19)20-13-6-3-7-14-20/h2-7,11-16,28H,8-10,17H2,1H3,(H,26,27). The lowest BCUT2D eigenvalue weighted by Crippen LogP contribution is -2.30. The van der Waals surface area contributed by atoms with Crippen molar-refractivity contribution >= 4 is 11.8 Å². The summed E-state index contributed by atoms with van der Waals surface area (Å²) < 4.78 is 0. The van der Waals surface area contributed by atoms with Crippen molar-refractivity contribution in [3.05, 3.63) is 100 Å². The van der Waals surface area contributed by atoms with E-state index in [1.54, 1.807) is 7.11 Å². The molecular weight excluding hydrogens is 358 g/mol. The Morgan fingerprint density at radius 1 is 1.00 bits per heavy atom. The molecule has 1 saturated carbocycles. The quantitative estimate of drug-likeness (QED) is 0.609. The molecule has 2 aliphatic rings. The van der Waals surface area contributed by atoms with Crippen LogP contribution in [-0.2, 0) is 16.7 Å². The Balaban J connectivity index is 1.62.